The molecule has 1 aliphatic rings. The summed E-state index contributed by atoms with van der Waals surface area (Å²) in [5.74, 6) is -2.98. The number of hydrogen-bond acceptors (Lipinski definition) is 7. The van der Waals surface area contributed by atoms with Crippen molar-refractivity contribution < 1.29 is 34.1 Å². The number of amides is 1. The maximum atomic E-state index is 10.7. The number of hydrogen-bond donors (Lipinski definition) is 5. The molecule has 10 heteroatoms. The molecule has 1 amide bonds. The van der Waals surface area contributed by atoms with E-state index in [1.165, 1.54) is 0 Å². The third kappa shape index (κ3) is 8.34. The molecule has 0 spiro atoms. The van der Waals surface area contributed by atoms with E-state index in [4.69, 9.17) is 14.9 Å². The summed E-state index contributed by atoms with van der Waals surface area (Å²) in [5, 5.41) is 21.9. The Hall–Kier alpha value is -2.33. The highest BCUT2D eigenvalue weighted by Crippen LogP contribution is 2.10. The maximum absolute atomic E-state index is 10.7. The van der Waals surface area contributed by atoms with Crippen molar-refractivity contribution in [1.82, 2.24) is 10.6 Å². The summed E-state index contributed by atoms with van der Waals surface area (Å²) in [7, 11) is 0. The van der Waals surface area contributed by atoms with Gasteiger partial charge < -0.3 is 25.6 Å². The molecule has 0 saturated carbocycles. The van der Waals surface area contributed by atoms with Gasteiger partial charge in [-0.15, -0.1) is 0 Å². The molecule has 0 aromatic heterocycles. The van der Waals surface area contributed by atoms with Gasteiger partial charge in [0.25, 0.3) is 0 Å². The standard InChI is InChI=1S/C8H11NO4.C6H9NO3S/c1-2-7(10)13-5-3-6(8(11)12)9-4-5;1-2-5(8)7-4(3-11)6(9)10/h2,5-6,9H,1,3-4H2,(H,11,12);2,4,11H,1,3H2,(H,7,8)(H,9,10)/t5?,6-;4-/m01/s1. The van der Waals surface area contributed by atoms with E-state index in [1.807, 2.05) is 0 Å². The summed E-state index contributed by atoms with van der Waals surface area (Å²) in [4.78, 5) is 42.1. The average molecular weight is 360 g/mol. The van der Waals surface area contributed by atoms with Gasteiger partial charge in [0.05, 0.1) is 0 Å². The minimum Gasteiger partial charge on any atom is -0.480 e. The van der Waals surface area contributed by atoms with Crippen LogP contribution < -0.4 is 10.6 Å². The average Bonchev–Trinajstić information content (AvgIpc) is 3.01. The Morgan fingerprint density at radius 1 is 1.29 bits per heavy atom. The van der Waals surface area contributed by atoms with Crippen LogP contribution in [0.3, 0.4) is 0 Å². The van der Waals surface area contributed by atoms with Gasteiger partial charge in [-0.2, -0.15) is 12.6 Å². The largest absolute Gasteiger partial charge is 0.480 e. The van der Waals surface area contributed by atoms with Crippen molar-refractivity contribution in [1.29, 1.82) is 0 Å². The molecule has 0 aromatic rings. The Bertz CT molecular complexity index is 509. The Morgan fingerprint density at radius 2 is 1.92 bits per heavy atom. The maximum Gasteiger partial charge on any atom is 0.330 e. The molecule has 0 bridgehead atoms. The van der Waals surface area contributed by atoms with Gasteiger partial charge in [0.1, 0.15) is 18.2 Å². The third-order valence-corrected chi connectivity index (χ3v) is 3.19. The predicted octanol–water partition coefficient (Wildman–Crippen LogP) is -0.798. The van der Waals surface area contributed by atoms with Gasteiger partial charge in [-0.25, -0.2) is 9.59 Å². The SMILES string of the molecule is C=CC(=O)N[C@H](CS)C(=O)O.C=CC(=O)OC1CN[C@H](C(=O)O)C1. The van der Waals surface area contributed by atoms with Crippen molar-refractivity contribution in [2.45, 2.75) is 24.6 Å². The van der Waals surface area contributed by atoms with Crippen molar-refractivity contribution in [3.05, 3.63) is 25.3 Å². The Kier molecular flexibility index (Phi) is 10.2. The van der Waals surface area contributed by atoms with Gasteiger partial charge >= 0.3 is 17.9 Å². The number of rotatable bonds is 7. The van der Waals surface area contributed by atoms with Crippen LogP contribution in [0.25, 0.3) is 0 Å². The minimum atomic E-state index is -1.10. The number of carbonyl (C=O) groups excluding carboxylic acids is 2. The van der Waals surface area contributed by atoms with Gasteiger partial charge in [-0.1, -0.05) is 13.2 Å². The molecule has 4 N–H and O–H groups in total. The number of thiol groups is 1. The summed E-state index contributed by atoms with van der Waals surface area (Å²) in [5.41, 5.74) is 0. The second kappa shape index (κ2) is 11.2. The lowest BCUT2D eigenvalue weighted by Crippen LogP contribution is -2.41. The molecule has 0 aliphatic carbocycles. The number of aliphatic carboxylic acids is 2. The molecular formula is C14H20N2O7S. The Labute approximate surface area is 144 Å². The molecular weight excluding hydrogens is 340 g/mol. The zero-order valence-electron chi connectivity index (χ0n) is 12.8. The summed E-state index contributed by atoms with van der Waals surface area (Å²) < 4.78 is 4.86. The lowest BCUT2D eigenvalue weighted by molar-refractivity contribution is -0.144. The van der Waals surface area contributed by atoms with Gasteiger partial charge in [-0.3, -0.25) is 9.59 Å². The van der Waals surface area contributed by atoms with E-state index in [1.54, 1.807) is 0 Å². The van der Waals surface area contributed by atoms with Crippen LogP contribution in [-0.4, -0.2) is 64.5 Å². The lowest BCUT2D eigenvalue weighted by atomic mass is 10.2. The fourth-order valence-electron chi connectivity index (χ4n) is 1.61. The molecule has 9 nitrogen and oxygen atoms in total. The summed E-state index contributed by atoms with van der Waals surface area (Å²) in [6, 6.07) is -1.55. The van der Waals surface area contributed by atoms with Crippen molar-refractivity contribution in [3.63, 3.8) is 0 Å². The predicted molar refractivity (Wildman–Crippen MR) is 87.7 cm³/mol. The van der Waals surface area contributed by atoms with Crippen LogP contribution in [0, 0.1) is 0 Å². The first-order chi connectivity index (χ1) is 11.2. The Morgan fingerprint density at radius 3 is 2.29 bits per heavy atom. The molecule has 1 heterocycles. The van der Waals surface area contributed by atoms with E-state index < -0.39 is 35.9 Å². The van der Waals surface area contributed by atoms with Crippen LogP contribution in [0.2, 0.25) is 0 Å². The fraction of sp³-hybridized carbons (Fsp3) is 0.429. The van der Waals surface area contributed by atoms with E-state index >= 15 is 0 Å². The second-order valence-electron chi connectivity index (χ2n) is 4.58. The highest BCUT2D eigenvalue weighted by Gasteiger charge is 2.30. The molecule has 1 saturated heterocycles. The number of esters is 1. The number of nitrogens with one attached hydrogen (secondary N) is 2. The first-order valence-corrected chi connectivity index (χ1v) is 7.44. The van der Waals surface area contributed by atoms with Crippen LogP contribution in [0.1, 0.15) is 6.42 Å². The normalized spacial score (nSPS) is 19.9. The molecule has 1 rings (SSSR count). The van der Waals surface area contributed by atoms with E-state index in [9.17, 15) is 19.2 Å². The molecule has 0 aromatic carbocycles. The van der Waals surface area contributed by atoms with Crippen LogP contribution in [-0.2, 0) is 23.9 Å². The van der Waals surface area contributed by atoms with E-state index in [2.05, 4.69) is 36.4 Å². The van der Waals surface area contributed by atoms with Crippen LogP contribution in [0.5, 0.6) is 0 Å². The van der Waals surface area contributed by atoms with E-state index in [-0.39, 0.29) is 11.9 Å². The molecule has 134 valence electrons. The van der Waals surface area contributed by atoms with Crippen molar-refractivity contribution in [2.75, 3.05) is 12.3 Å². The van der Waals surface area contributed by atoms with E-state index in [0.717, 1.165) is 12.2 Å². The van der Waals surface area contributed by atoms with Crippen LogP contribution in [0.15, 0.2) is 25.3 Å². The molecule has 1 aliphatic heterocycles. The van der Waals surface area contributed by atoms with Gasteiger partial charge in [0.15, 0.2) is 0 Å². The van der Waals surface area contributed by atoms with Gasteiger partial charge in [0, 0.05) is 24.8 Å². The third-order valence-electron chi connectivity index (χ3n) is 2.82. The second-order valence-corrected chi connectivity index (χ2v) is 4.95. The first-order valence-electron chi connectivity index (χ1n) is 6.80. The number of carboxylic acid groups (broad SMARTS) is 2. The highest BCUT2D eigenvalue weighted by molar-refractivity contribution is 7.80. The molecule has 24 heavy (non-hydrogen) atoms. The monoisotopic (exact) mass is 360 g/mol. The fourth-order valence-corrected chi connectivity index (χ4v) is 1.86. The number of carbonyl (C=O) groups is 4. The molecule has 0 radical (unpaired) electrons. The topological polar surface area (TPSA) is 142 Å². The zero-order valence-corrected chi connectivity index (χ0v) is 13.7. The summed E-state index contributed by atoms with van der Waals surface area (Å²) in [6.07, 6.45) is 2.04. The zero-order chi connectivity index (χ0) is 18.7. The van der Waals surface area contributed by atoms with Crippen LogP contribution in [0.4, 0.5) is 0 Å². The minimum absolute atomic E-state index is 0.0644. The van der Waals surface area contributed by atoms with Crippen molar-refractivity contribution >= 4 is 36.4 Å². The summed E-state index contributed by atoms with van der Waals surface area (Å²) in [6.45, 7) is 6.81. The summed E-state index contributed by atoms with van der Waals surface area (Å²) >= 11 is 3.74. The number of ether oxygens (including phenoxy) is 1. The molecule has 3 atom stereocenters. The number of carboxylic acids is 2. The highest BCUT2D eigenvalue weighted by atomic mass is 32.1. The quantitative estimate of drug-likeness (QED) is 0.226. The van der Waals surface area contributed by atoms with Crippen LogP contribution >= 0.6 is 12.6 Å². The van der Waals surface area contributed by atoms with Crippen molar-refractivity contribution in [3.8, 4) is 0 Å². The van der Waals surface area contributed by atoms with E-state index in [0.29, 0.717) is 13.0 Å². The van der Waals surface area contributed by atoms with Crippen molar-refractivity contribution in [2.24, 2.45) is 0 Å². The molecule has 1 unspecified atom stereocenters. The molecule has 1 fully saturated rings. The van der Waals surface area contributed by atoms with Gasteiger partial charge in [-0.05, 0) is 6.08 Å². The van der Waals surface area contributed by atoms with Gasteiger partial charge in [0.2, 0.25) is 5.91 Å². The Balaban J connectivity index is 0.000000449. The lowest BCUT2D eigenvalue weighted by Gasteiger charge is -2.08. The smallest absolute Gasteiger partial charge is 0.330 e. The first kappa shape index (κ1) is 21.7.